The van der Waals surface area contributed by atoms with Crippen molar-refractivity contribution in [3.63, 3.8) is 0 Å². The van der Waals surface area contributed by atoms with Crippen molar-refractivity contribution in [2.75, 3.05) is 6.54 Å². The van der Waals surface area contributed by atoms with Gasteiger partial charge in [0.25, 0.3) is 0 Å². The summed E-state index contributed by atoms with van der Waals surface area (Å²) in [6.07, 6.45) is -2.57. The Balaban J connectivity index is 0.00000364. The second-order valence-electron chi connectivity index (χ2n) is 6.16. The fraction of sp³-hybridized carbons (Fsp3) is 0.444. The van der Waals surface area contributed by atoms with E-state index in [1.54, 1.807) is 19.9 Å². The summed E-state index contributed by atoms with van der Waals surface area (Å²) >= 11 is 0. The summed E-state index contributed by atoms with van der Waals surface area (Å²) < 4.78 is 42.0. The molecule has 27 heavy (non-hydrogen) atoms. The average Bonchev–Trinajstić information content (AvgIpc) is 2.90. The molecule has 2 rings (SSSR count). The molecule has 1 aromatic carbocycles. The van der Waals surface area contributed by atoms with Crippen LogP contribution in [-0.4, -0.2) is 22.3 Å². The molecule has 3 N–H and O–H groups in total. The fourth-order valence-electron chi connectivity index (χ4n) is 2.61. The maximum absolute atomic E-state index is 13.5. The Morgan fingerprint density at radius 3 is 2.52 bits per heavy atom. The van der Waals surface area contributed by atoms with Gasteiger partial charge >= 0.3 is 6.18 Å². The zero-order chi connectivity index (χ0) is 19.3. The zero-order valence-corrected chi connectivity index (χ0v) is 17.9. The Morgan fingerprint density at radius 1 is 1.26 bits per heavy atom. The molecule has 0 aliphatic rings. The molecule has 0 amide bonds. The van der Waals surface area contributed by atoms with Gasteiger partial charge in [-0.2, -0.15) is 18.3 Å². The van der Waals surface area contributed by atoms with Crippen molar-refractivity contribution in [1.29, 1.82) is 0 Å². The van der Waals surface area contributed by atoms with E-state index in [-0.39, 0.29) is 42.0 Å². The predicted molar refractivity (Wildman–Crippen MR) is 112 cm³/mol. The van der Waals surface area contributed by atoms with E-state index in [1.165, 1.54) is 10.7 Å². The van der Waals surface area contributed by atoms with Crippen molar-refractivity contribution in [3.05, 3.63) is 46.8 Å². The summed E-state index contributed by atoms with van der Waals surface area (Å²) in [6, 6.07) is 5.96. The van der Waals surface area contributed by atoms with Crippen molar-refractivity contribution in [2.45, 2.75) is 46.3 Å². The average molecular weight is 495 g/mol. The summed E-state index contributed by atoms with van der Waals surface area (Å²) in [5.74, 6) is 0.147. The van der Waals surface area contributed by atoms with Gasteiger partial charge in [0.2, 0.25) is 0 Å². The molecule has 9 heteroatoms. The standard InChI is InChI=1S/C18H24F3N5.HI/c1-4-5-8-23-17(22)24-11-14-6-7-15(10-16(14)18(19,20)21)26-13(3)9-12(2)25-26;/h6-7,9-10H,4-5,8,11H2,1-3H3,(H3,22,23,24);1H. The lowest BCUT2D eigenvalue weighted by Gasteiger charge is -2.14. The third-order valence-electron chi connectivity index (χ3n) is 3.91. The van der Waals surface area contributed by atoms with E-state index in [4.69, 9.17) is 5.73 Å². The van der Waals surface area contributed by atoms with Crippen LogP contribution in [0, 0.1) is 13.8 Å². The van der Waals surface area contributed by atoms with Gasteiger partial charge in [0, 0.05) is 12.2 Å². The smallest absolute Gasteiger partial charge is 0.370 e. The van der Waals surface area contributed by atoms with Gasteiger partial charge in [-0.1, -0.05) is 19.4 Å². The Kier molecular flexibility index (Phi) is 8.58. The quantitative estimate of drug-likeness (QED) is 0.272. The summed E-state index contributed by atoms with van der Waals surface area (Å²) in [5.41, 5.74) is 6.93. The van der Waals surface area contributed by atoms with Crippen LogP contribution in [0.1, 0.15) is 42.3 Å². The van der Waals surface area contributed by atoms with Crippen LogP contribution in [0.5, 0.6) is 0 Å². The van der Waals surface area contributed by atoms with E-state index >= 15 is 0 Å². The minimum Gasteiger partial charge on any atom is -0.370 e. The van der Waals surface area contributed by atoms with Crippen LogP contribution in [0.3, 0.4) is 0 Å². The summed E-state index contributed by atoms with van der Waals surface area (Å²) in [7, 11) is 0. The molecule has 0 saturated carbocycles. The highest BCUT2D eigenvalue weighted by molar-refractivity contribution is 14.0. The van der Waals surface area contributed by atoms with Gasteiger partial charge in [-0.3, -0.25) is 0 Å². The molecular weight excluding hydrogens is 470 g/mol. The molecule has 0 saturated heterocycles. The highest BCUT2D eigenvalue weighted by Gasteiger charge is 2.33. The van der Waals surface area contributed by atoms with Crippen LogP contribution in [-0.2, 0) is 12.7 Å². The minimum absolute atomic E-state index is 0. The number of alkyl halides is 3. The van der Waals surface area contributed by atoms with Gasteiger partial charge in [-0.15, -0.1) is 24.0 Å². The number of nitrogens with one attached hydrogen (secondary N) is 1. The van der Waals surface area contributed by atoms with Crippen molar-refractivity contribution in [1.82, 2.24) is 15.1 Å². The number of rotatable bonds is 6. The van der Waals surface area contributed by atoms with E-state index in [1.807, 2.05) is 13.0 Å². The highest BCUT2D eigenvalue weighted by atomic mass is 127. The molecule has 0 bridgehead atoms. The molecule has 0 aliphatic heterocycles. The summed E-state index contributed by atoms with van der Waals surface area (Å²) in [6.45, 7) is 6.14. The number of hydrogen-bond donors (Lipinski definition) is 2. The molecule has 0 spiro atoms. The maximum Gasteiger partial charge on any atom is 0.416 e. The second-order valence-corrected chi connectivity index (χ2v) is 6.16. The zero-order valence-electron chi connectivity index (χ0n) is 15.6. The third kappa shape index (κ3) is 6.40. The number of guanidine groups is 1. The lowest BCUT2D eigenvalue weighted by atomic mass is 10.1. The Labute approximate surface area is 174 Å². The maximum atomic E-state index is 13.5. The summed E-state index contributed by atoms with van der Waals surface area (Å²) in [5, 5.41) is 7.13. The molecule has 0 radical (unpaired) electrons. The lowest BCUT2D eigenvalue weighted by Crippen LogP contribution is -2.32. The van der Waals surface area contributed by atoms with E-state index in [2.05, 4.69) is 15.4 Å². The Bertz CT molecular complexity index is 784. The van der Waals surface area contributed by atoms with Gasteiger partial charge < -0.3 is 11.1 Å². The molecule has 150 valence electrons. The van der Waals surface area contributed by atoms with E-state index in [9.17, 15) is 13.2 Å². The number of benzene rings is 1. The number of nitrogens with two attached hydrogens (primary N) is 1. The highest BCUT2D eigenvalue weighted by Crippen LogP contribution is 2.34. The first-order valence-electron chi connectivity index (χ1n) is 8.50. The molecule has 5 nitrogen and oxygen atoms in total. The molecule has 0 unspecified atom stereocenters. The largest absolute Gasteiger partial charge is 0.416 e. The van der Waals surface area contributed by atoms with Crippen LogP contribution in [0.15, 0.2) is 29.3 Å². The molecule has 0 aliphatic carbocycles. The van der Waals surface area contributed by atoms with Crippen LogP contribution >= 0.6 is 24.0 Å². The lowest BCUT2D eigenvalue weighted by molar-refractivity contribution is -0.138. The van der Waals surface area contributed by atoms with Crippen molar-refractivity contribution in [3.8, 4) is 5.69 Å². The van der Waals surface area contributed by atoms with Gasteiger partial charge in [0.1, 0.15) is 0 Å². The van der Waals surface area contributed by atoms with Crippen LogP contribution < -0.4 is 11.1 Å². The molecule has 0 fully saturated rings. The first-order valence-corrected chi connectivity index (χ1v) is 8.50. The Morgan fingerprint density at radius 2 is 1.96 bits per heavy atom. The first kappa shape index (κ1) is 23.3. The van der Waals surface area contributed by atoms with Crippen LogP contribution in [0.25, 0.3) is 5.69 Å². The first-order chi connectivity index (χ1) is 12.2. The van der Waals surface area contributed by atoms with Crippen LogP contribution in [0.2, 0.25) is 0 Å². The van der Waals surface area contributed by atoms with Crippen molar-refractivity contribution >= 4 is 29.9 Å². The minimum atomic E-state index is -4.48. The number of aromatic nitrogens is 2. The van der Waals surface area contributed by atoms with E-state index < -0.39 is 11.7 Å². The monoisotopic (exact) mass is 495 g/mol. The number of aliphatic imine (C=N–C) groups is 1. The summed E-state index contributed by atoms with van der Waals surface area (Å²) in [4.78, 5) is 4.03. The van der Waals surface area contributed by atoms with Crippen LogP contribution in [0.4, 0.5) is 13.2 Å². The van der Waals surface area contributed by atoms with E-state index in [0.29, 0.717) is 12.2 Å². The number of hydrogen-bond acceptors (Lipinski definition) is 2. The Hall–Kier alpha value is -1.78. The van der Waals surface area contributed by atoms with Gasteiger partial charge in [-0.05, 0) is 44.0 Å². The number of halogens is 4. The molecule has 1 aromatic heterocycles. The number of unbranched alkanes of at least 4 members (excludes halogenated alkanes) is 1. The van der Waals surface area contributed by atoms with Gasteiger partial charge in [0.15, 0.2) is 5.96 Å². The third-order valence-corrected chi connectivity index (χ3v) is 3.91. The van der Waals surface area contributed by atoms with Crippen molar-refractivity contribution < 1.29 is 13.2 Å². The van der Waals surface area contributed by atoms with Gasteiger partial charge in [-0.25, -0.2) is 9.67 Å². The molecule has 2 aromatic rings. The predicted octanol–water partition coefficient (Wildman–Crippen LogP) is 4.33. The van der Waals surface area contributed by atoms with E-state index in [0.717, 1.165) is 30.3 Å². The topological polar surface area (TPSA) is 68.2 Å². The number of aryl methyl sites for hydroxylation is 2. The van der Waals surface area contributed by atoms with Gasteiger partial charge in [0.05, 0.1) is 23.5 Å². The molecule has 0 atom stereocenters. The van der Waals surface area contributed by atoms with Crippen molar-refractivity contribution in [2.24, 2.45) is 10.7 Å². The second kappa shape index (κ2) is 9.95. The molecular formula is C18H25F3IN5. The normalized spacial score (nSPS) is 12.0. The number of nitrogens with zero attached hydrogens (tertiary/aromatic N) is 3. The SMILES string of the molecule is CCCCNC(N)=NCc1ccc(-n2nc(C)cc2C)cc1C(F)(F)F.I. The fourth-order valence-corrected chi connectivity index (χ4v) is 2.61. The molecule has 1 heterocycles.